The Labute approximate surface area is 196 Å². The van der Waals surface area contributed by atoms with Crippen molar-refractivity contribution in [2.45, 2.75) is 92.0 Å². The monoisotopic (exact) mass is 440 g/mol. The molecule has 0 aromatic heterocycles. The summed E-state index contributed by atoms with van der Waals surface area (Å²) in [7, 11) is 0. The van der Waals surface area contributed by atoms with Crippen molar-refractivity contribution in [1.82, 2.24) is 0 Å². The molecule has 1 heterocycles. The summed E-state index contributed by atoms with van der Waals surface area (Å²) in [5, 5.41) is 0. The first kappa shape index (κ1) is 25.5. The van der Waals surface area contributed by atoms with E-state index in [1.807, 2.05) is 0 Å². The topological polar surface area (TPSA) is 6.25 Å². The fraction of sp³-hybridized carbons (Fsp3) is 0.536. The lowest BCUT2D eigenvalue weighted by molar-refractivity contribution is -0.429. The Kier molecular flexibility index (Phi) is 8.39. The van der Waals surface area contributed by atoms with Gasteiger partial charge in [0.05, 0.1) is 0 Å². The first-order valence-electron chi connectivity index (χ1n) is 11.8. The van der Waals surface area contributed by atoms with E-state index < -0.39 is 0 Å². The van der Waals surface area contributed by atoms with E-state index in [0.717, 1.165) is 6.54 Å². The highest BCUT2D eigenvalue weighted by molar-refractivity contribution is 5.83. The number of hydrogen-bond acceptors (Lipinski definition) is 1. The minimum absolute atomic E-state index is 0. The molecule has 0 spiro atoms. The molecule has 0 radical (unpaired) electrons. The maximum absolute atomic E-state index is 2.55. The molecule has 1 atom stereocenters. The summed E-state index contributed by atoms with van der Waals surface area (Å²) in [5.74, 6) is 2.02. The number of nitrogens with zero attached hydrogens (tertiary/aromatic N) is 2. The largest absolute Gasteiger partial charge is 1.00 e. The SMILES string of the molecule is CC(C)c1cccc(C(C)C)c1N1C=[N+](c2c(C(C)C)cccc2C(C)C)CC1C.[Cl-]. The molecule has 0 N–H and O–H groups in total. The summed E-state index contributed by atoms with van der Waals surface area (Å²) in [6.07, 6.45) is 2.39. The molecule has 170 valence electrons. The highest BCUT2D eigenvalue weighted by atomic mass is 35.5. The van der Waals surface area contributed by atoms with E-state index in [4.69, 9.17) is 0 Å². The predicted octanol–water partition coefficient (Wildman–Crippen LogP) is 4.77. The normalized spacial score (nSPS) is 16.5. The van der Waals surface area contributed by atoms with Crippen LogP contribution in [0.1, 0.15) is 108 Å². The van der Waals surface area contributed by atoms with E-state index >= 15 is 0 Å². The van der Waals surface area contributed by atoms with E-state index in [0.29, 0.717) is 29.7 Å². The molecule has 0 fully saturated rings. The molecule has 0 saturated heterocycles. The number of anilines is 1. The lowest BCUT2D eigenvalue weighted by atomic mass is 9.91. The molecule has 3 heteroatoms. The standard InChI is InChI=1S/C28H41N2.ClH/c1-18(2)23-12-10-13-24(19(3)4)27(23)29-16-22(9)30(17-29)28-25(20(5)6)14-11-15-26(28)21(7)8;/h10-15,17-22H,16H2,1-9H3;1H/q+1;/p-1. The highest BCUT2D eigenvalue weighted by Gasteiger charge is 2.36. The van der Waals surface area contributed by atoms with Crippen molar-refractivity contribution in [3.05, 3.63) is 58.7 Å². The number of halogens is 1. The van der Waals surface area contributed by atoms with Gasteiger partial charge in [0.1, 0.15) is 24.0 Å². The molecular formula is C28H41ClN2. The molecule has 3 rings (SSSR count). The van der Waals surface area contributed by atoms with Gasteiger partial charge < -0.3 is 12.4 Å². The van der Waals surface area contributed by atoms with Crippen molar-refractivity contribution in [1.29, 1.82) is 0 Å². The van der Waals surface area contributed by atoms with Gasteiger partial charge in [0.2, 0.25) is 6.34 Å². The van der Waals surface area contributed by atoms with Crippen molar-refractivity contribution in [3.8, 4) is 0 Å². The van der Waals surface area contributed by atoms with E-state index in [-0.39, 0.29) is 12.4 Å². The van der Waals surface area contributed by atoms with Gasteiger partial charge in [-0.3, -0.25) is 0 Å². The Morgan fingerprint density at radius 3 is 1.48 bits per heavy atom. The van der Waals surface area contributed by atoms with Crippen LogP contribution in [-0.4, -0.2) is 23.5 Å². The van der Waals surface area contributed by atoms with Crippen molar-refractivity contribution < 1.29 is 17.0 Å². The number of hydrogen-bond donors (Lipinski definition) is 0. The van der Waals surface area contributed by atoms with Crippen LogP contribution in [0.5, 0.6) is 0 Å². The second-order valence-corrected chi connectivity index (χ2v) is 10.2. The zero-order valence-electron chi connectivity index (χ0n) is 20.9. The minimum atomic E-state index is 0. The third kappa shape index (κ3) is 5.00. The van der Waals surface area contributed by atoms with E-state index in [2.05, 4.69) is 115 Å². The van der Waals surface area contributed by atoms with Crippen molar-refractivity contribution in [3.63, 3.8) is 0 Å². The fourth-order valence-electron chi connectivity index (χ4n) is 4.76. The first-order chi connectivity index (χ1) is 14.1. The Hall–Kier alpha value is -1.80. The Morgan fingerprint density at radius 1 is 0.710 bits per heavy atom. The Morgan fingerprint density at radius 2 is 1.10 bits per heavy atom. The number of rotatable bonds is 6. The van der Waals surface area contributed by atoms with Crippen LogP contribution in [0.4, 0.5) is 11.4 Å². The van der Waals surface area contributed by atoms with Crippen LogP contribution in [0.15, 0.2) is 36.4 Å². The van der Waals surface area contributed by atoms with E-state index in [1.54, 1.807) is 0 Å². The van der Waals surface area contributed by atoms with E-state index in [9.17, 15) is 0 Å². The first-order valence-corrected chi connectivity index (χ1v) is 11.8. The van der Waals surface area contributed by atoms with Crippen LogP contribution in [0, 0.1) is 0 Å². The summed E-state index contributed by atoms with van der Waals surface area (Å²) in [4.78, 5) is 2.55. The second kappa shape index (κ2) is 10.2. The third-order valence-electron chi connectivity index (χ3n) is 6.43. The van der Waals surface area contributed by atoms with Gasteiger partial charge in [0, 0.05) is 22.3 Å². The van der Waals surface area contributed by atoms with Gasteiger partial charge in [-0.05, 0) is 30.6 Å². The van der Waals surface area contributed by atoms with Crippen LogP contribution < -0.4 is 17.3 Å². The minimum Gasteiger partial charge on any atom is -1.00 e. The number of benzene rings is 2. The molecule has 0 bridgehead atoms. The van der Waals surface area contributed by atoms with Crippen LogP contribution in [-0.2, 0) is 0 Å². The van der Waals surface area contributed by atoms with Gasteiger partial charge in [-0.1, -0.05) is 91.8 Å². The maximum Gasteiger partial charge on any atom is 0.245 e. The number of para-hydroxylation sites is 2. The average molecular weight is 441 g/mol. The average Bonchev–Trinajstić information content (AvgIpc) is 3.07. The fourth-order valence-corrected chi connectivity index (χ4v) is 4.76. The summed E-state index contributed by atoms with van der Waals surface area (Å²) < 4.78 is 2.52. The zero-order chi connectivity index (χ0) is 22.2. The summed E-state index contributed by atoms with van der Waals surface area (Å²) in [6, 6.07) is 14.2. The predicted molar refractivity (Wildman–Crippen MR) is 132 cm³/mol. The van der Waals surface area contributed by atoms with Gasteiger partial charge in [-0.2, -0.15) is 0 Å². The van der Waals surface area contributed by atoms with Crippen LogP contribution >= 0.6 is 0 Å². The van der Waals surface area contributed by atoms with Gasteiger partial charge in [-0.15, -0.1) is 0 Å². The van der Waals surface area contributed by atoms with Gasteiger partial charge in [0.15, 0.2) is 0 Å². The maximum atomic E-state index is 2.55. The van der Waals surface area contributed by atoms with Gasteiger partial charge >= 0.3 is 0 Å². The van der Waals surface area contributed by atoms with E-state index in [1.165, 1.54) is 33.6 Å². The Bertz CT molecular complexity index is 872. The van der Waals surface area contributed by atoms with Crippen molar-refractivity contribution in [2.75, 3.05) is 11.4 Å². The second-order valence-electron chi connectivity index (χ2n) is 10.2. The molecule has 0 amide bonds. The van der Waals surface area contributed by atoms with Gasteiger partial charge in [0.25, 0.3) is 0 Å². The molecule has 1 aliphatic heterocycles. The van der Waals surface area contributed by atoms with Crippen LogP contribution in [0.3, 0.4) is 0 Å². The zero-order valence-corrected chi connectivity index (χ0v) is 21.7. The Balaban J connectivity index is 0.00000341. The molecule has 31 heavy (non-hydrogen) atoms. The summed E-state index contributed by atoms with van der Waals surface area (Å²) in [6.45, 7) is 21.9. The van der Waals surface area contributed by atoms with Crippen molar-refractivity contribution in [2.24, 2.45) is 0 Å². The quantitative estimate of drug-likeness (QED) is 0.586. The molecule has 0 aliphatic carbocycles. The van der Waals surface area contributed by atoms with Gasteiger partial charge in [-0.25, -0.2) is 9.48 Å². The molecule has 1 unspecified atom stereocenters. The highest BCUT2D eigenvalue weighted by Crippen LogP contribution is 2.39. The lowest BCUT2D eigenvalue weighted by Crippen LogP contribution is -3.00. The molecule has 0 saturated carbocycles. The summed E-state index contributed by atoms with van der Waals surface area (Å²) in [5.41, 5.74) is 8.65. The van der Waals surface area contributed by atoms with Crippen molar-refractivity contribution >= 4 is 17.7 Å². The lowest BCUT2D eigenvalue weighted by Gasteiger charge is -2.23. The molecule has 2 nitrogen and oxygen atoms in total. The molecule has 2 aromatic rings. The molecular weight excluding hydrogens is 400 g/mol. The molecule has 1 aliphatic rings. The van der Waals surface area contributed by atoms with Crippen LogP contribution in [0.2, 0.25) is 0 Å². The van der Waals surface area contributed by atoms with Crippen LogP contribution in [0.25, 0.3) is 0 Å². The third-order valence-corrected chi connectivity index (χ3v) is 6.43. The smallest absolute Gasteiger partial charge is 0.245 e. The molecule has 2 aromatic carbocycles. The summed E-state index contributed by atoms with van der Waals surface area (Å²) >= 11 is 0.